The number of hydrogen-bond donors (Lipinski definition) is 1. The molecule has 1 aliphatic heterocycles. The zero-order valence-electron chi connectivity index (χ0n) is 9.92. The van der Waals surface area contributed by atoms with Gasteiger partial charge in [0.25, 0.3) is 0 Å². The van der Waals surface area contributed by atoms with E-state index < -0.39 is 0 Å². The largest absolute Gasteiger partial charge is 0.489 e. The van der Waals surface area contributed by atoms with E-state index >= 15 is 0 Å². The van der Waals surface area contributed by atoms with Crippen LogP contribution in [0.25, 0.3) is 0 Å². The lowest BCUT2D eigenvalue weighted by Crippen LogP contribution is -2.30. The quantitative estimate of drug-likeness (QED) is 0.702. The first-order chi connectivity index (χ1) is 6.98. The van der Waals surface area contributed by atoms with Gasteiger partial charge < -0.3 is 10.1 Å². The second-order valence-electron chi connectivity index (χ2n) is 5.29. The van der Waals surface area contributed by atoms with Gasteiger partial charge in [0.05, 0.1) is 11.7 Å². The molecule has 0 saturated heterocycles. The van der Waals surface area contributed by atoms with E-state index in [1.807, 2.05) is 0 Å². The summed E-state index contributed by atoms with van der Waals surface area (Å²) in [7, 11) is 0. The van der Waals surface area contributed by atoms with Gasteiger partial charge >= 0.3 is 0 Å². The number of hydrogen-bond acceptors (Lipinski definition) is 2. The van der Waals surface area contributed by atoms with Crippen LogP contribution in [0, 0.1) is 0 Å². The van der Waals surface area contributed by atoms with Gasteiger partial charge in [-0.15, -0.1) is 0 Å². The fraction of sp³-hybridized carbons (Fsp3) is 0.538. The van der Waals surface area contributed by atoms with Crippen LogP contribution in [0.4, 0.5) is 5.69 Å². The highest BCUT2D eigenvalue weighted by Crippen LogP contribution is 2.38. The standard InChI is InChI=1S/C13H19NO/c1-9-8-15-12-10(13(2,3)4)6-5-7-11(12)14-9/h5-7,9,14H,8H2,1-4H3. The molecule has 0 fully saturated rings. The van der Waals surface area contributed by atoms with E-state index in [0.29, 0.717) is 6.04 Å². The zero-order chi connectivity index (χ0) is 11.1. The maximum atomic E-state index is 5.83. The molecule has 1 aromatic rings. The minimum absolute atomic E-state index is 0.133. The van der Waals surface area contributed by atoms with Gasteiger partial charge in [-0.1, -0.05) is 32.9 Å². The molecule has 1 aromatic carbocycles. The maximum Gasteiger partial charge on any atom is 0.146 e. The summed E-state index contributed by atoms with van der Waals surface area (Å²) < 4.78 is 5.83. The van der Waals surface area contributed by atoms with Crippen molar-refractivity contribution in [2.45, 2.75) is 39.2 Å². The highest BCUT2D eigenvalue weighted by atomic mass is 16.5. The first-order valence-corrected chi connectivity index (χ1v) is 5.51. The Kier molecular flexibility index (Phi) is 2.37. The second kappa shape index (κ2) is 3.44. The lowest BCUT2D eigenvalue weighted by molar-refractivity contribution is 0.284. The number of benzene rings is 1. The number of ether oxygens (including phenoxy) is 1. The van der Waals surface area contributed by atoms with Gasteiger partial charge in [-0.2, -0.15) is 0 Å². The third-order valence-corrected chi connectivity index (χ3v) is 2.70. The number of anilines is 1. The minimum Gasteiger partial charge on any atom is -0.489 e. The molecule has 1 N–H and O–H groups in total. The van der Waals surface area contributed by atoms with Crippen molar-refractivity contribution in [2.75, 3.05) is 11.9 Å². The normalized spacial score (nSPS) is 20.1. The summed E-state index contributed by atoms with van der Waals surface area (Å²) in [5.74, 6) is 1.03. The number of nitrogens with one attached hydrogen (secondary N) is 1. The Hall–Kier alpha value is -1.18. The molecule has 1 heterocycles. The summed E-state index contributed by atoms with van der Waals surface area (Å²) in [6, 6.07) is 6.72. The van der Waals surface area contributed by atoms with Crippen LogP contribution < -0.4 is 10.1 Å². The van der Waals surface area contributed by atoms with Crippen molar-refractivity contribution in [3.8, 4) is 5.75 Å². The van der Waals surface area contributed by atoms with Gasteiger partial charge in [0.15, 0.2) is 0 Å². The van der Waals surface area contributed by atoms with E-state index in [1.165, 1.54) is 5.56 Å². The van der Waals surface area contributed by atoms with Crippen molar-refractivity contribution in [2.24, 2.45) is 0 Å². The van der Waals surface area contributed by atoms with Gasteiger partial charge in [0.2, 0.25) is 0 Å². The van der Waals surface area contributed by atoms with E-state index in [0.717, 1.165) is 18.0 Å². The highest BCUT2D eigenvalue weighted by Gasteiger charge is 2.24. The Morgan fingerprint density at radius 1 is 1.33 bits per heavy atom. The van der Waals surface area contributed by atoms with E-state index in [-0.39, 0.29) is 5.41 Å². The first-order valence-electron chi connectivity index (χ1n) is 5.51. The lowest BCUT2D eigenvalue weighted by atomic mass is 9.85. The van der Waals surface area contributed by atoms with Crippen molar-refractivity contribution in [3.63, 3.8) is 0 Å². The van der Waals surface area contributed by atoms with Crippen LogP contribution >= 0.6 is 0 Å². The third kappa shape index (κ3) is 1.94. The fourth-order valence-electron chi connectivity index (χ4n) is 1.91. The Bertz CT molecular complexity index is 365. The second-order valence-corrected chi connectivity index (χ2v) is 5.29. The monoisotopic (exact) mass is 205 g/mol. The van der Waals surface area contributed by atoms with Crippen molar-refractivity contribution in [1.29, 1.82) is 0 Å². The SMILES string of the molecule is CC1COc2c(cccc2C(C)(C)C)N1. The average Bonchev–Trinajstić information content (AvgIpc) is 2.15. The fourth-order valence-corrected chi connectivity index (χ4v) is 1.91. The van der Waals surface area contributed by atoms with E-state index in [4.69, 9.17) is 4.74 Å². The molecule has 2 heteroatoms. The molecule has 0 aliphatic carbocycles. The van der Waals surface area contributed by atoms with E-state index in [1.54, 1.807) is 0 Å². The molecule has 1 unspecified atom stereocenters. The molecule has 0 saturated carbocycles. The molecule has 0 spiro atoms. The molecular formula is C13H19NO. The van der Waals surface area contributed by atoms with Crippen LogP contribution in [0.2, 0.25) is 0 Å². The molecule has 0 radical (unpaired) electrons. The molecule has 15 heavy (non-hydrogen) atoms. The number of rotatable bonds is 0. The third-order valence-electron chi connectivity index (χ3n) is 2.70. The smallest absolute Gasteiger partial charge is 0.146 e. The lowest BCUT2D eigenvalue weighted by Gasteiger charge is -2.30. The topological polar surface area (TPSA) is 21.3 Å². The molecule has 2 rings (SSSR count). The predicted molar refractivity (Wildman–Crippen MR) is 63.7 cm³/mol. The van der Waals surface area contributed by atoms with Crippen LogP contribution in [0.15, 0.2) is 18.2 Å². The number of para-hydroxylation sites is 1. The molecule has 0 aromatic heterocycles. The van der Waals surface area contributed by atoms with Crippen molar-refractivity contribution >= 4 is 5.69 Å². The highest BCUT2D eigenvalue weighted by molar-refractivity contribution is 5.63. The van der Waals surface area contributed by atoms with Crippen LogP contribution in [0.5, 0.6) is 5.75 Å². The Balaban J connectivity index is 2.47. The summed E-state index contributed by atoms with van der Waals surface area (Å²) >= 11 is 0. The van der Waals surface area contributed by atoms with Gasteiger partial charge in [-0.25, -0.2) is 0 Å². The summed E-state index contributed by atoms with van der Waals surface area (Å²) in [4.78, 5) is 0. The van der Waals surface area contributed by atoms with Gasteiger partial charge in [-0.05, 0) is 18.4 Å². The first kappa shape index (κ1) is 10.3. The van der Waals surface area contributed by atoms with Gasteiger partial charge in [0, 0.05) is 5.56 Å². The summed E-state index contributed by atoms with van der Waals surface area (Å²) in [5.41, 5.74) is 2.54. The van der Waals surface area contributed by atoms with Gasteiger partial charge in [0.1, 0.15) is 12.4 Å². The summed E-state index contributed by atoms with van der Waals surface area (Å²) in [6.07, 6.45) is 0. The van der Waals surface area contributed by atoms with Crippen LogP contribution in [0.1, 0.15) is 33.3 Å². The minimum atomic E-state index is 0.133. The van der Waals surface area contributed by atoms with Crippen LogP contribution in [0.3, 0.4) is 0 Å². The average molecular weight is 205 g/mol. The Morgan fingerprint density at radius 3 is 2.73 bits per heavy atom. The van der Waals surface area contributed by atoms with E-state index in [9.17, 15) is 0 Å². The molecular weight excluding hydrogens is 186 g/mol. The van der Waals surface area contributed by atoms with Crippen LogP contribution in [-0.2, 0) is 5.41 Å². The molecule has 0 bridgehead atoms. The van der Waals surface area contributed by atoms with Crippen molar-refractivity contribution in [3.05, 3.63) is 23.8 Å². The summed E-state index contributed by atoms with van der Waals surface area (Å²) in [6.45, 7) is 9.52. The van der Waals surface area contributed by atoms with E-state index in [2.05, 4.69) is 51.2 Å². The molecule has 1 atom stereocenters. The Labute approximate surface area is 91.6 Å². The summed E-state index contributed by atoms with van der Waals surface area (Å²) in [5, 5.41) is 3.45. The Morgan fingerprint density at radius 2 is 2.07 bits per heavy atom. The van der Waals surface area contributed by atoms with Crippen molar-refractivity contribution in [1.82, 2.24) is 0 Å². The molecule has 82 valence electrons. The van der Waals surface area contributed by atoms with Crippen LogP contribution in [-0.4, -0.2) is 12.6 Å². The molecule has 2 nitrogen and oxygen atoms in total. The number of fused-ring (bicyclic) bond motifs is 1. The molecule has 1 aliphatic rings. The van der Waals surface area contributed by atoms with Crippen molar-refractivity contribution < 1.29 is 4.74 Å². The van der Waals surface area contributed by atoms with Gasteiger partial charge in [-0.3, -0.25) is 0 Å². The molecule has 0 amide bonds. The maximum absolute atomic E-state index is 5.83. The zero-order valence-corrected chi connectivity index (χ0v) is 9.92. The predicted octanol–water partition coefficient (Wildman–Crippen LogP) is 3.18.